The summed E-state index contributed by atoms with van der Waals surface area (Å²) in [6.45, 7) is 3.36. The van der Waals surface area contributed by atoms with E-state index in [0.29, 0.717) is 19.1 Å². The van der Waals surface area contributed by atoms with Gasteiger partial charge in [-0.2, -0.15) is 0 Å². The van der Waals surface area contributed by atoms with Gasteiger partial charge in [-0.25, -0.2) is 0 Å². The van der Waals surface area contributed by atoms with Gasteiger partial charge in [0.15, 0.2) is 0 Å². The summed E-state index contributed by atoms with van der Waals surface area (Å²) in [5.41, 5.74) is 3.18. The van der Waals surface area contributed by atoms with E-state index in [-0.39, 0.29) is 0 Å². The van der Waals surface area contributed by atoms with E-state index in [1.807, 2.05) is 12.1 Å². The number of nitrogens with one attached hydrogen (secondary N) is 1. The second-order valence-electron chi connectivity index (χ2n) is 4.74. The van der Waals surface area contributed by atoms with Crippen LogP contribution in [0.1, 0.15) is 36.8 Å². The van der Waals surface area contributed by atoms with Crippen molar-refractivity contribution in [2.75, 3.05) is 6.54 Å². The van der Waals surface area contributed by atoms with E-state index in [2.05, 4.69) is 18.3 Å². The van der Waals surface area contributed by atoms with Crippen molar-refractivity contribution in [1.29, 1.82) is 0 Å². The zero-order chi connectivity index (χ0) is 13.0. The molecule has 18 heavy (non-hydrogen) atoms. The molecule has 0 saturated carbocycles. The van der Waals surface area contributed by atoms with Gasteiger partial charge in [-0.3, -0.25) is 4.79 Å². The minimum absolute atomic E-state index is 0.413. The lowest BCUT2D eigenvalue weighted by molar-refractivity contribution is -0.109. The molecule has 0 aliphatic carbocycles. The summed E-state index contributed by atoms with van der Waals surface area (Å²) in [6.07, 6.45) is 2.69. The number of fused-ring (bicyclic) bond motifs is 1. The van der Waals surface area contributed by atoms with Crippen LogP contribution in [0.25, 0.3) is 0 Å². The molecule has 1 amide bonds. The molecule has 1 aromatic rings. The normalized spacial score (nSPS) is 15.3. The summed E-state index contributed by atoms with van der Waals surface area (Å²) < 4.78 is 5.18. The molecule has 1 aliphatic rings. The maximum atomic E-state index is 10.1. The van der Waals surface area contributed by atoms with Gasteiger partial charge in [-0.15, -0.1) is 0 Å². The number of hydrogen-bond acceptors (Lipinski definition) is 3. The van der Waals surface area contributed by atoms with Gasteiger partial charge in [-0.1, -0.05) is 25.1 Å². The van der Waals surface area contributed by atoms with Crippen molar-refractivity contribution in [3.05, 3.63) is 29.3 Å². The van der Waals surface area contributed by atoms with Crippen LogP contribution in [-0.2, 0) is 16.1 Å². The Morgan fingerprint density at radius 3 is 3.22 bits per heavy atom. The third-order valence-corrected chi connectivity index (χ3v) is 3.44. The molecule has 1 unspecified atom stereocenters. The predicted octanol–water partition coefficient (Wildman–Crippen LogP) is 0.534. The SMILES string of the molecule is CC(CCCNC=O)c1ccc2c(c1)B(O)OC2. The fourth-order valence-corrected chi connectivity index (χ4v) is 2.28. The number of rotatable bonds is 6. The second kappa shape index (κ2) is 6.02. The number of hydrogen-bond donors (Lipinski definition) is 2. The van der Waals surface area contributed by atoms with Crippen LogP contribution in [0.2, 0.25) is 0 Å². The highest BCUT2D eigenvalue weighted by atomic mass is 16.5. The molecule has 1 heterocycles. The van der Waals surface area contributed by atoms with Gasteiger partial charge in [0.1, 0.15) is 0 Å². The highest BCUT2D eigenvalue weighted by Crippen LogP contribution is 2.22. The Kier molecular flexibility index (Phi) is 4.39. The van der Waals surface area contributed by atoms with Crippen molar-refractivity contribution in [2.45, 2.75) is 32.3 Å². The summed E-state index contributed by atoms with van der Waals surface area (Å²) in [5, 5.41) is 12.3. The Balaban J connectivity index is 1.96. The molecule has 0 bridgehead atoms. The molecule has 0 aromatic heterocycles. The fourth-order valence-electron chi connectivity index (χ4n) is 2.28. The van der Waals surface area contributed by atoms with Gasteiger partial charge in [-0.05, 0) is 35.3 Å². The molecule has 0 spiro atoms. The van der Waals surface area contributed by atoms with Crippen LogP contribution < -0.4 is 10.8 Å². The zero-order valence-corrected chi connectivity index (χ0v) is 10.6. The maximum Gasteiger partial charge on any atom is 0.491 e. The van der Waals surface area contributed by atoms with Crippen molar-refractivity contribution in [1.82, 2.24) is 5.32 Å². The van der Waals surface area contributed by atoms with Gasteiger partial charge in [0.25, 0.3) is 0 Å². The van der Waals surface area contributed by atoms with E-state index in [9.17, 15) is 9.82 Å². The molecule has 5 heteroatoms. The average molecular weight is 247 g/mol. The second-order valence-corrected chi connectivity index (χ2v) is 4.74. The molecule has 96 valence electrons. The van der Waals surface area contributed by atoms with Crippen LogP contribution in [0.15, 0.2) is 18.2 Å². The van der Waals surface area contributed by atoms with Crippen molar-refractivity contribution < 1.29 is 14.5 Å². The van der Waals surface area contributed by atoms with E-state index >= 15 is 0 Å². The quantitative estimate of drug-likeness (QED) is 0.438. The minimum atomic E-state index is -0.774. The van der Waals surface area contributed by atoms with E-state index in [1.165, 1.54) is 5.56 Å². The number of amides is 1. The van der Waals surface area contributed by atoms with Crippen molar-refractivity contribution in [3.63, 3.8) is 0 Å². The lowest BCUT2D eigenvalue weighted by Crippen LogP contribution is -2.28. The molecule has 1 aromatic carbocycles. The third-order valence-electron chi connectivity index (χ3n) is 3.44. The zero-order valence-electron chi connectivity index (χ0n) is 10.6. The van der Waals surface area contributed by atoms with Crippen LogP contribution >= 0.6 is 0 Å². The molecule has 4 nitrogen and oxygen atoms in total. The Morgan fingerprint density at radius 1 is 1.61 bits per heavy atom. The highest BCUT2D eigenvalue weighted by molar-refractivity contribution is 6.61. The standard InChI is InChI=1S/C13H18BNO3/c1-10(3-2-6-15-9-16)11-4-5-12-8-18-14(17)13(12)7-11/h4-5,7,9-10,17H,2-3,6,8H2,1H3,(H,15,16). The minimum Gasteiger partial charge on any atom is -0.423 e. The Labute approximate surface area is 107 Å². The van der Waals surface area contributed by atoms with Crippen LogP contribution in [-0.4, -0.2) is 25.1 Å². The summed E-state index contributed by atoms with van der Waals surface area (Å²) in [6, 6.07) is 6.16. The van der Waals surface area contributed by atoms with Gasteiger partial charge in [0, 0.05) is 6.54 Å². The number of carbonyl (C=O) groups excluding carboxylic acids is 1. The summed E-state index contributed by atoms with van der Waals surface area (Å²) in [7, 11) is -0.774. The monoisotopic (exact) mass is 247 g/mol. The van der Waals surface area contributed by atoms with Crippen LogP contribution in [0, 0.1) is 0 Å². The molecule has 1 aliphatic heterocycles. The average Bonchev–Trinajstić information content (AvgIpc) is 2.76. The molecule has 0 saturated heterocycles. The van der Waals surface area contributed by atoms with Crippen LogP contribution in [0.3, 0.4) is 0 Å². The lowest BCUT2D eigenvalue weighted by atomic mass is 9.77. The summed E-state index contributed by atoms with van der Waals surface area (Å²) in [4.78, 5) is 10.1. The molecule has 2 N–H and O–H groups in total. The first kappa shape index (κ1) is 13.1. The third kappa shape index (κ3) is 2.92. The van der Waals surface area contributed by atoms with Gasteiger partial charge in [0.2, 0.25) is 6.41 Å². The first-order valence-corrected chi connectivity index (χ1v) is 6.32. The van der Waals surface area contributed by atoms with E-state index in [0.717, 1.165) is 30.3 Å². The summed E-state index contributed by atoms with van der Waals surface area (Å²) >= 11 is 0. The largest absolute Gasteiger partial charge is 0.491 e. The van der Waals surface area contributed by atoms with Crippen LogP contribution in [0.4, 0.5) is 0 Å². The Hall–Kier alpha value is -1.33. The van der Waals surface area contributed by atoms with Gasteiger partial charge < -0.3 is 15.0 Å². The van der Waals surface area contributed by atoms with E-state index in [4.69, 9.17) is 4.65 Å². The van der Waals surface area contributed by atoms with E-state index < -0.39 is 7.12 Å². The Morgan fingerprint density at radius 2 is 2.44 bits per heavy atom. The molecule has 0 fully saturated rings. The first-order chi connectivity index (χ1) is 8.72. The molecule has 1 atom stereocenters. The van der Waals surface area contributed by atoms with Gasteiger partial charge >= 0.3 is 7.12 Å². The topological polar surface area (TPSA) is 58.6 Å². The first-order valence-electron chi connectivity index (χ1n) is 6.32. The van der Waals surface area contributed by atoms with Crippen molar-refractivity contribution in [3.8, 4) is 0 Å². The van der Waals surface area contributed by atoms with Crippen LogP contribution in [0.5, 0.6) is 0 Å². The maximum absolute atomic E-state index is 10.1. The highest BCUT2D eigenvalue weighted by Gasteiger charge is 2.27. The number of benzene rings is 1. The molecular weight excluding hydrogens is 229 g/mol. The summed E-state index contributed by atoms with van der Waals surface area (Å²) in [5.74, 6) is 0.413. The molecule has 0 radical (unpaired) electrons. The fraction of sp³-hybridized carbons (Fsp3) is 0.462. The van der Waals surface area contributed by atoms with Crippen molar-refractivity contribution >= 4 is 19.0 Å². The molecular formula is C13H18BNO3. The number of carbonyl (C=O) groups is 1. The lowest BCUT2D eigenvalue weighted by Gasteiger charge is -2.13. The smallest absolute Gasteiger partial charge is 0.423 e. The van der Waals surface area contributed by atoms with Crippen molar-refractivity contribution in [2.24, 2.45) is 0 Å². The van der Waals surface area contributed by atoms with E-state index in [1.54, 1.807) is 0 Å². The van der Waals surface area contributed by atoms with Gasteiger partial charge in [0.05, 0.1) is 6.61 Å². The predicted molar refractivity (Wildman–Crippen MR) is 70.6 cm³/mol. The Bertz CT molecular complexity index is 425. The molecule has 2 rings (SSSR count).